The molecule has 1 aliphatic rings. The molecule has 1 N–H and O–H groups in total. The van der Waals surface area contributed by atoms with E-state index in [2.05, 4.69) is 24.3 Å². The molecule has 0 amide bonds. The smallest absolute Gasteiger partial charge is 0.307 e. The molecule has 0 radical (unpaired) electrons. The van der Waals surface area contributed by atoms with Gasteiger partial charge in [0.25, 0.3) is 0 Å². The normalized spacial score (nSPS) is 21.9. The largest absolute Gasteiger partial charge is 0.481 e. The molecule has 1 aliphatic heterocycles. The van der Waals surface area contributed by atoms with E-state index in [0.29, 0.717) is 19.6 Å². The second kappa shape index (κ2) is 6.10. The van der Waals surface area contributed by atoms with Crippen molar-refractivity contribution in [3.05, 3.63) is 60.2 Å². The number of ether oxygens (including phenoxy) is 1. The van der Waals surface area contributed by atoms with Crippen LogP contribution in [0.2, 0.25) is 0 Å². The number of rotatable bonds is 3. The lowest BCUT2D eigenvalue weighted by molar-refractivity contribution is -0.146. The lowest BCUT2D eigenvalue weighted by Gasteiger charge is -2.29. The summed E-state index contributed by atoms with van der Waals surface area (Å²) in [4.78, 5) is 11.4. The fourth-order valence-corrected chi connectivity index (χ4v) is 2.92. The van der Waals surface area contributed by atoms with Gasteiger partial charge in [0.1, 0.15) is 0 Å². The van der Waals surface area contributed by atoms with Crippen LogP contribution in [0.25, 0.3) is 11.1 Å². The van der Waals surface area contributed by atoms with Crippen molar-refractivity contribution in [3.8, 4) is 11.1 Å². The summed E-state index contributed by atoms with van der Waals surface area (Å²) in [5.41, 5.74) is 3.35. The van der Waals surface area contributed by atoms with Crippen molar-refractivity contribution in [1.29, 1.82) is 0 Å². The van der Waals surface area contributed by atoms with E-state index in [-0.39, 0.29) is 11.8 Å². The second-order valence-electron chi connectivity index (χ2n) is 5.40. The molecular weight excluding hydrogens is 264 g/mol. The van der Waals surface area contributed by atoms with E-state index in [9.17, 15) is 9.90 Å². The monoisotopic (exact) mass is 282 g/mol. The minimum absolute atomic E-state index is 0.0546. The first-order valence-electron chi connectivity index (χ1n) is 7.21. The lowest BCUT2D eigenvalue weighted by Crippen LogP contribution is -2.31. The van der Waals surface area contributed by atoms with Crippen molar-refractivity contribution in [2.45, 2.75) is 12.3 Å². The Morgan fingerprint density at radius 1 is 1.00 bits per heavy atom. The van der Waals surface area contributed by atoms with Gasteiger partial charge in [-0.05, 0) is 23.1 Å². The van der Waals surface area contributed by atoms with Crippen LogP contribution in [0.3, 0.4) is 0 Å². The summed E-state index contributed by atoms with van der Waals surface area (Å²) in [6, 6.07) is 18.3. The third-order valence-electron chi connectivity index (χ3n) is 4.12. The summed E-state index contributed by atoms with van der Waals surface area (Å²) in [5.74, 6) is -1.13. The van der Waals surface area contributed by atoms with Crippen LogP contribution < -0.4 is 0 Å². The van der Waals surface area contributed by atoms with Gasteiger partial charge >= 0.3 is 5.97 Å². The summed E-state index contributed by atoms with van der Waals surface area (Å²) < 4.78 is 5.47. The van der Waals surface area contributed by atoms with E-state index in [1.54, 1.807) is 0 Å². The number of hydrogen-bond acceptors (Lipinski definition) is 2. The van der Waals surface area contributed by atoms with Crippen molar-refractivity contribution >= 4 is 5.97 Å². The second-order valence-corrected chi connectivity index (χ2v) is 5.40. The number of carboxylic acid groups (broad SMARTS) is 1. The Balaban J connectivity index is 1.85. The summed E-state index contributed by atoms with van der Waals surface area (Å²) in [6.07, 6.45) is 0.584. The zero-order valence-electron chi connectivity index (χ0n) is 11.7. The van der Waals surface area contributed by atoms with Crippen LogP contribution >= 0.6 is 0 Å². The highest BCUT2D eigenvalue weighted by Gasteiger charge is 2.32. The van der Waals surface area contributed by atoms with E-state index in [1.165, 1.54) is 5.56 Å². The molecule has 2 aromatic rings. The Kier molecular flexibility index (Phi) is 4.02. The summed E-state index contributed by atoms with van der Waals surface area (Å²) >= 11 is 0. The SMILES string of the molecule is O=C(O)[C@@H]1CCOC[C@@H]1c1ccc(-c2ccccc2)cc1. The minimum Gasteiger partial charge on any atom is -0.481 e. The molecule has 2 aromatic carbocycles. The number of benzene rings is 2. The van der Waals surface area contributed by atoms with Gasteiger partial charge in [-0.3, -0.25) is 4.79 Å². The van der Waals surface area contributed by atoms with Crippen LogP contribution in [0.5, 0.6) is 0 Å². The van der Waals surface area contributed by atoms with Gasteiger partial charge in [0, 0.05) is 12.5 Å². The highest BCUT2D eigenvalue weighted by molar-refractivity contribution is 5.72. The molecule has 1 heterocycles. The number of carbonyl (C=O) groups is 1. The average Bonchev–Trinajstić information content (AvgIpc) is 2.56. The molecule has 0 aromatic heterocycles. The van der Waals surface area contributed by atoms with Gasteiger partial charge in [0.2, 0.25) is 0 Å². The number of carboxylic acids is 1. The van der Waals surface area contributed by atoms with Gasteiger partial charge in [-0.25, -0.2) is 0 Å². The Morgan fingerprint density at radius 3 is 2.33 bits per heavy atom. The molecule has 0 spiro atoms. The van der Waals surface area contributed by atoms with Crippen LogP contribution in [0.1, 0.15) is 17.9 Å². The third kappa shape index (κ3) is 2.98. The predicted octanol–water partition coefficient (Wildman–Crippen LogP) is 3.56. The fraction of sp³-hybridized carbons (Fsp3) is 0.278. The van der Waals surface area contributed by atoms with E-state index < -0.39 is 5.97 Å². The number of aliphatic carboxylic acids is 1. The third-order valence-corrected chi connectivity index (χ3v) is 4.12. The molecule has 1 fully saturated rings. The quantitative estimate of drug-likeness (QED) is 0.936. The molecule has 108 valence electrons. The first kappa shape index (κ1) is 13.8. The molecule has 0 bridgehead atoms. The Hall–Kier alpha value is -2.13. The van der Waals surface area contributed by atoms with E-state index in [0.717, 1.165) is 11.1 Å². The molecule has 0 saturated carbocycles. The zero-order valence-corrected chi connectivity index (χ0v) is 11.7. The van der Waals surface area contributed by atoms with Crippen LogP contribution in [-0.4, -0.2) is 24.3 Å². The maximum Gasteiger partial charge on any atom is 0.307 e. The minimum atomic E-state index is -0.726. The Morgan fingerprint density at radius 2 is 1.67 bits per heavy atom. The van der Waals surface area contributed by atoms with Gasteiger partial charge in [-0.15, -0.1) is 0 Å². The van der Waals surface area contributed by atoms with Crippen LogP contribution in [0, 0.1) is 5.92 Å². The molecule has 3 rings (SSSR count). The fourth-order valence-electron chi connectivity index (χ4n) is 2.92. The van der Waals surface area contributed by atoms with Gasteiger partial charge in [0.05, 0.1) is 12.5 Å². The summed E-state index contributed by atoms with van der Waals surface area (Å²) in [7, 11) is 0. The molecule has 3 heteroatoms. The van der Waals surface area contributed by atoms with Crippen LogP contribution in [-0.2, 0) is 9.53 Å². The predicted molar refractivity (Wildman–Crippen MR) is 81.2 cm³/mol. The van der Waals surface area contributed by atoms with Crippen molar-refractivity contribution in [1.82, 2.24) is 0 Å². The average molecular weight is 282 g/mol. The van der Waals surface area contributed by atoms with E-state index in [1.807, 2.05) is 30.3 Å². The van der Waals surface area contributed by atoms with Crippen LogP contribution in [0.15, 0.2) is 54.6 Å². The number of hydrogen-bond donors (Lipinski definition) is 1. The highest BCUT2D eigenvalue weighted by atomic mass is 16.5. The molecule has 0 unspecified atom stereocenters. The van der Waals surface area contributed by atoms with E-state index >= 15 is 0 Å². The van der Waals surface area contributed by atoms with Gasteiger partial charge in [-0.2, -0.15) is 0 Å². The van der Waals surface area contributed by atoms with E-state index in [4.69, 9.17) is 4.74 Å². The molecule has 0 aliphatic carbocycles. The Bertz CT molecular complexity index is 604. The van der Waals surface area contributed by atoms with Crippen LogP contribution in [0.4, 0.5) is 0 Å². The molecule has 3 nitrogen and oxygen atoms in total. The Labute approximate surface area is 124 Å². The molecule has 1 saturated heterocycles. The van der Waals surface area contributed by atoms with Gasteiger partial charge < -0.3 is 9.84 Å². The van der Waals surface area contributed by atoms with Gasteiger partial charge in [0.15, 0.2) is 0 Å². The van der Waals surface area contributed by atoms with Crippen molar-refractivity contribution in [2.24, 2.45) is 5.92 Å². The summed E-state index contributed by atoms with van der Waals surface area (Å²) in [6.45, 7) is 1.03. The van der Waals surface area contributed by atoms with Crippen molar-refractivity contribution < 1.29 is 14.6 Å². The zero-order chi connectivity index (χ0) is 14.7. The maximum atomic E-state index is 11.4. The first-order valence-corrected chi connectivity index (χ1v) is 7.21. The first-order chi connectivity index (χ1) is 10.3. The molecule has 2 atom stereocenters. The molecule has 21 heavy (non-hydrogen) atoms. The molecular formula is C18H18O3. The van der Waals surface area contributed by atoms with Crippen molar-refractivity contribution in [3.63, 3.8) is 0 Å². The topological polar surface area (TPSA) is 46.5 Å². The summed E-state index contributed by atoms with van der Waals surface area (Å²) in [5, 5.41) is 9.35. The maximum absolute atomic E-state index is 11.4. The van der Waals surface area contributed by atoms with Gasteiger partial charge in [-0.1, -0.05) is 54.6 Å². The standard InChI is InChI=1S/C18H18O3/c19-18(20)16-10-11-21-12-17(16)15-8-6-14(7-9-15)13-4-2-1-3-5-13/h1-9,16-17H,10-12H2,(H,19,20)/t16-,17-/m1/s1. The van der Waals surface area contributed by atoms with Crippen molar-refractivity contribution in [2.75, 3.05) is 13.2 Å². The lowest BCUT2D eigenvalue weighted by atomic mass is 9.83. The highest BCUT2D eigenvalue weighted by Crippen LogP contribution is 2.32.